The minimum Gasteiger partial charge on any atom is -0.0975 e. The van der Waals surface area contributed by atoms with Gasteiger partial charge in [-0.2, -0.15) is 0 Å². The van der Waals surface area contributed by atoms with Crippen LogP contribution in [0.4, 0.5) is 0 Å². The predicted octanol–water partition coefficient (Wildman–Crippen LogP) is 3.06. The fraction of sp³-hybridized carbons (Fsp3) is 1.00. The molecule has 0 spiro atoms. The predicted molar refractivity (Wildman–Crippen MR) is 53.0 cm³/mol. The molecule has 0 aromatic rings. The van der Waals surface area contributed by atoms with Crippen molar-refractivity contribution in [2.24, 2.45) is 0 Å². The molecule has 1 aliphatic heterocycles. The van der Waals surface area contributed by atoms with Crippen LogP contribution >= 0.6 is 6.04 Å². The monoisotopic (exact) mass is 176 g/mol. The summed E-state index contributed by atoms with van der Waals surface area (Å²) in [5.41, 5.74) is 0. The molecule has 0 unspecified atom stereocenters. The van der Waals surface area contributed by atoms with E-state index < -0.39 is 6.04 Å². The van der Waals surface area contributed by atoms with Crippen molar-refractivity contribution in [3.05, 3.63) is 0 Å². The molecule has 0 bridgehead atoms. The van der Waals surface area contributed by atoms with E-state index in [1.807, 2.05) is 0 Å². The summed E-state index contributed by atoms with van der Waals surface area (Å²) >= 11 is 5.65. The zero-order chi connectivity index (χ0) is 7.45. The third kappa shape index (κ3) is 2.36. The van der Waals surface area contributed by atoms with Crippen molar-refractivity contribution in [1.82, 2.24) is 0 Å². The molecule has 0 saturated carbocycles. The molecular formula is C8H17PS. The van der Waals surface area contributed by atoms with Crippen LogP contribution in [-0.2, 0) is 11.8 Å². The molecule has 1 saturated heterocycles. The van der Waals surface area contributed by atoms with Crippen molar-refractivity contribution in [1.29, 1.82) is 0 Å². The van der Waals surface area contributed by atoms with Crippen LogP contribution in [0.15, 0.2) is 0 Å². The first-order chi connectivity index (χ1) is 4.77. The van der Waals surface area contributed by atoms with Crippen molar-refractivity contribution in [2.45, 2.75) is 32.6 Å². The zero-order valence-corrected chi connectivity index (χ0v) is 8.52. The second-order valence-electron chi connectivity index (χ2n) is 3.24. The topological polar surface area (TPSA) is 0 Å². The van der Waals surface area contributed by atoms with Gasteiger partial charge in [-0.3, -0.25) is 0 Å². The van der Waals surface area contributed by atoms with Crippen LogP contribution in [0.25, 0.3) is 0 Å². The van der Waals surface area contributed by atoms with E-state index in [4.69, 9.17) is 11.8 Å². The molecule has 0 nitrogen and oxygen atoms in total. The quantitative estimate of drug-likeness (QED) is 0.553. The van der Waals surface area contributed by atoms with E-state index in [9.17, 15) is 0 Å². The van der Waals surface area contributed by atoms with Gasteiger partial charge in [0.15, 0.2) is 0 Å². The van der Waals surface area contributed by atoms with Gasteiger partial charge in [-0.25, -0.2) is 0 Å². The number of hydrogen-bond donors (Lipinski definition) is 0. The Kier molecular flexibility index (Phi) is 3.39. The summed E-state index contributed by atoms with van der Waals surface area (Å²) < 4.78 is 0. The Labute approximate surface area is 69.4 Å². The molecule has 1 rings (SSSR count). The molecule has 0 amide bonds. The van der Waals surface area contributed by atoms with Gasteiger partial charge < -0.3 is 0 Å². The summed E-state index contributed by atoms with van der Waals surface area (Å²) in [6.45, 7) is 2.28. The number of hydrogen-bond acceptors (Lipinski definition) is 1. The van der Waals surface area contributed by atoms with Gasteiger partial charge in [-0.15, -0.1) is 0 Å². The van der Waals surface area contributed by atoms with Crippen molar-refractivity contribution in [3.63, 3.8) is 0 Å². The largest absolute Gasteiger partial charge is 0.0975 e. The average molecular weight is 176 g/mol. The van der Waals surface area contributed by atoms with Crippen molar-refractivity contribution in [2.75, 3.05) is 18.5 Å². The van der Waals surface area contributed by atoms with Crippen LogP contribution in [0.3, 0.4) is 0 Å². The maximum Gasteiger partial charge on any atom is -0.0235 e. The molecule has 0 aliphatic carbocycles. The molecule has 1 aliphatic rings. The zero-order valence-electron chi connectivity index (χ0n) is 6.81. The Bertz CT molecular complexity index is 130. The van der Waals surface area contributed by atoms with Crippen LogP contribution in [0.5, 0.6) is 0 Å². The van der Waals surface area contributed by atoms with Crippen LogP contribution in [0, 0.1) is 0 Å². The Morgan fingerprint density at radius 1 is 1.10 bits per heavy atom. The maximum atomic E-state index is 5.65. The molecule has 0 atom stereocenters. The van der Waals surface area contributed by atoms with Gasteiger partial charge in [-0.05, 0) is 37.4 Å². The summed E-state index contributed by atoms with van der Waals surface area (Å²) in [7, 11) is 0. The van der Waals surface area contributed by atoms with Crippen LogP contribution in [0.2, 0.25) is 0 Å². The van der Waals surface area contributed by atoms with Crippen molar-refractivity contribution < 1.29 is 0 Å². The van der Waals surface area contributed by atoms with Crippen LogP contribution < -0.4 is 0 Å². The van der Waals surface area contributed by atoms with Gasteiger partial charge in [0.2, 0.25) is 0 Å². The molecule has 2 heteroatoms. The molecule has 0 aromatic heterocycles. The van der Waals surface area contributed by atoms with E-state index in [1.54, 1.807) is 0 Å². The highest BCUT2D eigenvalue weighted by molar-refractivity contribution is 8.14. The Morgan fingerprint density at radius 2 is 1.60 bits per heavy atom. The van der Waals surface area contributed by atoms with Gasteiger partial charge in [0.05, 0.1) is 0 Å². The molecule has 0 radical (unpaired) electrons. The lowest BCUT2D eigenvalue weighted by Crippen LogP contribution is -1.93. The molecule has 0 aromatic carbocycles. The van der Waals surface area contributed by atoms with Gasteiger partial charge in [-0.1, -0.05) is 31.6 Å². The van der Waals surface area contributed by atoms with E-state index in [0.717, 1.165) is 0 Å². The standard InChI is InChI=1S/C8H17PS/c1-2-9(10)7-5-3-4-6-8-9/h2-8H2,1H3. The lowest BCUT2D eigenvalue weighted by atomic mass is 10.2. The molecule has 10 heavy (non-hydrogen) atoms. The van der Waals surface area contributed by atoms with Crippen molar-refractivity contribution >= 4 is 17.8 Å². The van der Waals surface area contributed by atoms with Gasteiger partial charge in [0.25, 0.3) is 0 Å². The second-order valence-corrected chi connectivity index (χ2v) is 9.20. The summed E-state index contributed by atoms with van der Waals surface area (Å²) in [5, 5.41) is 0. The maximum absolute atomic E-state index is 5.65. The highest BCUT2D eigenvalue weighted by atomic mass is 32.4. The molecule has 1 fully saturated rings. The molecular weight excluding hydrogens is 159 g/mol. The smallest absolute Gasteiger partial charge is 0.0235 e. The fourth-order valence-corrected chi connectivity index (χ4v) is 4.81. The molecule has 0 N–H and O–H groups in total. The summed E-state index contributed by atoms with van der Waals surface area (Å²) in [4.78, 5) is 0. The third-order valence-corrected chi connectivity index (χ3v) is 7.74. The van der Waals surface area contributed by atoms with Gasteiger partial charge in [0, 0.05) is 0 Å². The first kappa shape index (κ1) is 8.74. The minimum absolute atomic E-state index is 0.804. The highest BCUT2D eigenvalue weighted by Crippen LogP contribution is 2.48. The lowest BCUT2D eigenvalue weighted by molar-refractivity contribution is 0.726. The fourth-order valence-electron chi connectivity index (χ4n) is 1.58. The van der Waals surface area contributed by atoms with Gasteiger partial charge in [0.1, 0.15) is 0 Å². The Morgan fingerprint density at radius 3 is 2.00 bits per heavy atom. The lowest BCUT2D eigenvalue weighted by Gasteiger charge is -2.16. The minimum atomic E-state index is -0.804. The van der Waals surface area contributed by atoms with Gasteiger partial charge >= 0.3 is 0 Å². The first-order valence-corrected chi connectivity index (χ1v) is 7.70. The normalized spacial score (nSPS) is 25.7. The van der Waals surface area contributed by atoms with E-state index >= 15 is 0 Å². The summed E-state index contributed by atoms with van der Waals surface area (Å²) in [5.74, 6) is 0. The summed E-state index contributed by atoms with van der Waals surface area (Å²) in [6, 6.07) is -0.804. The Balaban J connectivity index is 2.49. The van der Waals surface area contributed by atoms with Crippen LogP contribution in [-0.4, -0.2) is 18.5 Å². The van der Waals surface area contributed by atoms with E-state index in [0.29, 0.717) is 0 Å². The SMILES string of the molecule is CCP1(=S)CCCCCC1. The molecule has 1 heterocycles. The highest BCUT2D eigenvalue weighted by Gasteiger charge is 2.15. The second kappa shape index (κ2) is 3.88. The van der Waals surface area contributed by atoms with E-state index in [2.05, 4.69) is 6.92 Å². The summed E-state index contributed by atoms with van der Waals surface area (Å²) in [6.07, 6.45) is 9.84. The van der Waals surface area contributed by atoms with Crippen LogP contribution in [0.1, 0.15) is 32.6 Å². The van der Waals surface area contributed by atoms with E-state index in [-0.39, 0.29) is 0 Å². The number of rotatable bonds is 1. The average Bonchev–Trinajstić information content (AvgIpc) is 2.15. The molecule has 60 valence electrons. The van der Waals surface area contributed by atoms with Crippen molar-refractivity contribution in [3.8, 4) is 0 Å². The van der Waals surface area contributed by atoms with E-state index in [1.165, 1.54) is 44.2 Å². The Hall–Kier alpha value is 0.650. The third-order valence-electron chi connectivity index (χ3n) is 2.46. The first-order valence-electron chi connectivity index (χ1n) is 4.34.